The fourth-order valence-corrected chi connectivity index (χ4v) is 7.81. The number of aliphatic hydroxyl groups is 7. The van der Waals surface area contributed by atoms with Gasteiger partial charge < -0.3 is 102 Å². The Morgan fingerprint density at radius 3 is 1.09 bits per heavy atom. The van der Waals surface area contributed by atoms with Crippen LogP contribution >= 0.6 is 0 Å². The molecule has 0 aromatic carbocycles. The first-order valence-corrected chi connectivity index (χ1v) is 22.8. The lowest BCUT2D eigenvalue weighted by Crippen LogP contribution is -2.47. The highest BCUT2D eigenvalue weighted by molar-refractivity contribution is 5.70. The number of carbonyl (C=O) groups excluding carboxylic acids is 4. The van der Waals surface area contributed by atoms with Crippen LogP contribution in [0.25, 0.3) is 0 Å². The summed E-state index contributed by atoms with van der Waals surface area (Å²) in [6.45, 7) is 4.81. The Labute approximate surface area is 386 Å². The van der Waals surface area contributed by atoms with E-state index >= 15 is 0 Å². The molecule has 0 bridgehead atoms. The van der Waals surface area contributed by atoms with Crippen molar-refractivity contribution in [1.82, 2.24) is 0 Å². The first kappa shape index (κ1) is 55.1. The molecule has 0 spiro atoms. The highest BCUT2D eigenvalue weighted by Crippen LogP contribution is 2.36. The Morgan fingerprint density at radius 1 is 0.373 bits per heavy atom. The molecule has 0 radical (unpaired) electrons. The average molecular weight is 973 g/mol. The number of esters is 4. The quantitative estimate of drug-likeness (QED) is 0.0343. The van der Waals surface area contributed by atoms with E-state index in [-0.39, 0.29) is 25.7 Å². The fraction of sp³-hybridized carbons (Fsp3) is 0.905. The van der Waals surface area contributed by atoms with Crippen LogP contribution in [0.15, 0.2) is 0 Å². The highest BCUT2D eigenvalue weighted by Gasteiger charge is 2.56. The molecule has 5 aliphatic rings. The van der Waals surface area contributed by atoms with E-state index in [0.29, 0.717) is 25.7 Å². The molecule has 5 aliphatic heterocycles. The molecule has 7 N–H and O–H groups in total. The zero-order chi connectivity index (χ0) is 48.9. The van der Waals surface area contributed by atoms with Gasteiger partial charge in [0.25, 0.3) is 0 Å². The van der Waals surface area contributed by atoms with Crippen LogP contribution in [-0.2, 0) is 85.5 Å². The van der Waals surface area contributed by atoms with Crippen molar-refractivity contribution in [3.05, 3.63) is 0 Å². The van der Waals surface area contributed by atoms with E-state index in [1.54, 1.807) is 27.7 Å². The summed E-state index contributed by atoms with van der Waals surface area (Å²) in [6.07, 6.45) is -27.5. The van der Waals surface area contributed by atoms with Crippen LogP contribution in [0, 0.1) is 0 Å². The summed E-state index contributed by atoms with van der Waals surface area (Å²) in [5, 5.41) is 77.4. The Morgan fingerprint density at radius 2 is 0.701 bits per heavy atom. The number of hydrogen-bond acceptors (Lipinski definition) is 25. The van der Waals surface area contributed by atoms with Crippen molar-refractivity contribution >= 4 is 23.9 Å². The lowest BCUT2D eigenvalue weighted by atomic mass is 10.1. The molecule has 20 atom stereocenters. The first-order valence-electron chi connectivity index (χ1n) is 22.8. The SMILES string of the molecule is CCCC(=O)OC[C@H]1O[C@@H](O[C@@H]2[C@@H](OC[C@H]3O[C@H](OC)[C@@H](O)[C@@H]3O[C@H]3O[C@H](COC(=O)CCC)[C@@H](O)[C@@H]3O[C@@H]3O[C@H](COC(=O)CCC)[C@@H](O)[C@@H]3O)O[C@H](COC(=O)CCC)[C@H]2O)[C@@H](O)[C@@H]1O. The number of carbonyl (C=O) groups is 4. The molecule has 0 unspecified atom stereocenters. The van der Waals surface area contributed by atoms with E-state index in [0.717, 1.165) is 0 Å². The number of ether oxygens (including phenoxy) is 14. The zero-order valence-electron chi connectivity index (χ0n) is 38.2. The summed E-state index contributed by atoms with van der Waals surface area (Å²) in [6, 6.07) is 0. The van der Waals surface area contributed by atoms with Gasteiger partial charge in [-0.2, -0.15) is 0 Å². The highest BCUT2D eigenvalue weighted by atomic mass is 16.8. The maximum Gasteiger partial charge on any atom is 0.305 e. The average Bonchev–Trinajstić information content (AvgIpc) is 4.03. The van der Waals surface area contributed by atoms with E-state index in [2.05, 4.69) is 0 Å². The summed E-state index contributed by atoms with van der Waals surface area (Å²) in [7, 11) is 1.24. The second-order valence-corrected chi connectivity index (χ2v) is 16.8. The van der Waals surface area contributed by atoms with Crippen LogP contribution in [-0.4, -0.2) is 223 Å². The third kappa shape index (κ3) is 14.4. The fourth-order valence-electron chi connectivity index (χ4n) is 7.81. The maximum absolute atomic E-state index is 12.3. The Balaban J connectivity index is 1.32. The summed E-state index contributed by atoms with van der Waals surface area (Å²) in [5.41, 5.74) is 0. The predicted molar refractivity (Wildman–Crippen MR) is 216 cm³/mol. The molecular weight excluding hydrogens is 904 g/mol. The zero-order valence-corrected chi connectivity index (χ0v) is 38.2. The van der Waals surface area contributed by atoms with Gasteiger partial charge in [-0.1, -0.05) is 27.7 Å². The molecule has 0 amide bonds. The third-order valence-corrected chi connectivity index (χ3v) is 11.5. The van der Waals surface area contributed by atoms with Gasteiger partial charge in [-0.15, -0.1) is 0 Å². The van der Waals surface area contributed by atoms with Crippen LogP contribution in [0.1, 0.15) is 79.1 Å². The third-order valence-electron chi connectivity index (χ3n) is 11.5. The summed E-state index contributed by atoms with van der Waals surface area (Å²) < 4.78 is 79.6. The minimum atomic E-state index is -1.72. The van der Waals surface area contributed by atoms with Crippen molar-refractivity contribution in [2.75, 3.05) is 40.1 Å². The standard InChI is InChI=1S/C42H68O25/c1-6-10-24(43)55-14-19-28(47)32(51)39(60-19)66-36-30(49)21(16-57-26(45)12-8-3)62-41(36)59-18-23-35(34(53)38(54-5)64-23)65-42-37(31(50)22(63-42)17-58-27(46)13-9-4)67-40-33(52)29(48)20(61-40)15-56-25(44)11-7-2/h19-23,28-42,47-53H,6-18H2,1-5H3/t19-,20-,21-,22-,23-,28-,29-,30-,31-,32+,33+,34+,35-,36+,37+,38+,39+,40+,41+,42-/m1/s1. The number of aliphatic hydroxyl groups excluding tert-OH is 7. The Kier molecular flexibility index (Phi) is 21.7. The smallest absolute Gasteiger partial charge is 0.305 e. The van der Waals surface area contributed by atoms with Gasteiger partial charge in [-0.3, -0.25) is 19.2 Å². The van der Waals surface area contributed by atoms with Crippen molar-refractivity contribution in [3.63, 3.8) is 0 Å². The molecule has 0 aromatic rings. The van der Waals surface area contributed by atoms with Gasteiger partial charge in [-0.25, -0.2) is 0 Å². The van der Waals surface area contributed by atoms with Crippen molar-refractivity contribution < 1.29 is 121 Å². The topological polar surface area (TPSA) is 339 Å². The predicted octanol–water partition coefficient (Wildman–Crippen LogP) is -2.67. The van der Waals surface area contributed by atoms with Crippen LogP contribution in [0.5, 0.6) is 0 Å². The van der Waals surface area contributed by atoms with Gasteiger partial charge in [-0.05, 0) is 25.7 Å². The summed E-state index contributed by atoms with van der Waals surface area (Å²) in [4.78, 5) is 48.5. The van der Waals surface area contributed by atoms with Gasteiger partial charge in [0.05, 0.1) is 6.61 Å². The molecular formula is C42H68O25. The van der Waals surface area contributed by atoms with Gasteiger partial charge >= 0.3 is 23.9 Å². The summed E-state index contributed by atoms with van der Waals surface area (Å²) >= 11 is 0. The molecule has 5 fully saturated rings. The Bertz CT molecular complexity index is 1560. The first-order chi connectivity index (χ1) is 32.0. The van der Waals surface area contributed by atoms with Crippen molar-refractivity contribution in [2.45, 2.75) is 202 Å². The number of hydrogen-bond donors (Lipinski definition) is 7. The van der Waals surface area contributed by atoms with E-state index in [4.69, 9.17) is 66.3 Å². The monoisotopic (exact) mass is 972 g/mol. The molecule has 0 saturated carbocycles. The molecule has 25 heteroatoms. The van der Waals surface area contributed by atoms with Crippen LogP contribution in [0.2, 0.25) is 0 Å². The van der Waals surface area contributed by atoms with E-state index < -0.39 is 180 Å². The molecule has 386 valence electrons. The molecule has 25 nitrogen and oxygen atoms in total. The van der Waals surface area contributed by atoms with Gasteiger partial charge in [0.15, 0.2) is 31.5 Å². The minimum Gasteiger partial charge on any atom is -0.463 e. The van der Waals surface area contributed by atoms with E-state index in [9.17, 15) is 54.9 Å². The second-order valence-electron chi connectivity index (χ2n) is 16.8. The molecule has 5 saturated heterocycles. The maximum atomic E-state index is 12.3. The van der Waals surface area contributed by atoms with Gasteiger partial charge in [0, 0.05) is 32.8 Å². The lowest BCUT2D eigenvalue weighted by Gasteiger charge is -2.30. The van der Waals surface area contributed by atoms with Crippen molar-refractivity contribution in [1.29, 1.82) is 0 Å². The van der Waals surface area contributed by atoms with Gasteiger partial charge in [0.2, 0.25) is 0 Å². The number of methoxy groups -OCH3 is 1. The second kappa shape index (κ2) is 26.4. The Hall–Kier alpha value is -2.80. The van der Waals surface area contributed by atoms with E-state index in [1.165, 1.54) is 7.11 Å². The van der Waals surface area contributed by atoms with Crippen LogP contribution in [0.3, 0.4) is 0 Å². The largest absolute Gasteiger partial charge is 0.463 e. The molecule has 67 heavy (non-hydrogen) atoms. The van der Waals surface area contributed by atoms with Crippen molar-refractivity contribution in [3.8, 4) is 0 Å². The molecule has 5 heterocycles. The lowest BCUT2D eigenvalue weighted by molar-refractivity contribution is -0.270. The molecule has 5 rings (SSSR count). The molecule has 0 aromatic heterocycles. The van der Waals surface area contributed by atoms with Gasteiger partial charge in [0.1, 0.15) is 118 Å². The minimum absolute atomic E-state index is 0.0734. The van der Waals surface area contributed by atoms with E-state index in [1.807, 2.05) is 0 Å². The normalized spacial score (nSPS) is 39.5. The number of rotatable bonds is 26. The van der Waals surface area contributed by atoms with Crippen LogP contribution < -0.4 is 0 Å². The van der Waals surface area contributed by atoms with Crippen molar-refractivity contribution in [2.24, 2.45) is 0 Å². The molecule has 0 aliphatic carbocycles. The summed E-state index contributed by atoms with van der Waals surface area (Å²) in [5.74, 6) is -2.26. The van der Waals surface area contributed by atoms with Crippen LogP contribution in [0.4, 0.5) is 0 Å².